The van der Waals surface area contributed by atoms with Crippen LogP contribution in [-0.2, 0) is 9.59 Å². The van der Waals surface area contributed by atoms with E-state index in [1.165, 1.54) is 6.92 Å². The maximum atomic E-state index is 11.2. The molecule has 0 aromatic carbocycles. The largest absolute Gasteiger partial charge is 0.416 e. The first-order valence-electron chi connectivity index (χ1n) is 5.17. The fourth-order valence-electron chi connectivity index (χ4n) is 1.10. The van der Waals surface area contributed by atoms with Crippen molar-refractivity contribution in [1.29, 1.82) is 0 Å². The van der Waals surface area contributed by atoms with Crippen molar-refractivity contribution in [3.63, 3.8) is 0 Å². The fourth-order valence-corrected chi connectivity index (χ4v) is 1.66. The van der Waals surface area contributed by atoms with Crippen LogP contribution in [0.5, 0.6) is 0 Å². The van der Waals surface area contributed by atoms with Gasteiger partial charge < -0.3 is 4.42 Å². The van der Waals surface area contributed by atoms with Crippen molar-refractivity contribution in [1.82, 2.24) is 21.0 Å². The Morgan fingerprint density at radius 2 is 2.18 bits per heavy atom. The van der Waals surface area contributed by atoms with E-state index in [4.69, 9.17) is 4.42 Å². The molecule has 0 saturated heterocycles. The summed E-state index contributed by atoms with van der Waals surface area (Å²) in [6, 6.07) is 0. The van der Waals surface area contributed by atoms with Gasteiger partial charge in [0.15, 0.2) is 0 Å². The molecule has 2 rings (SSSR count). The van der Waals surface area contributed by atoms with Crippen molar-refractivity contribution in [2.24, 2.45) is 0 Å². The smallest absolute Gasteiger partial charge is 0.277 e. The molecular formula is C9H12N4O3S. The van der Waals surface area contributed by atoms with E-state index >= 15 is 0 Å². The van der Waals surface area contributed by atoms with Crippen LogP contribution in [-0.4, -0.2) is 27.8 Å². The van der Waals surface area contributed by atoms with Crippen LogP contribution >= 0.6 is 11.8 Å². The number of thioether (sulfide) groups is 1. The first kappa shape index (κ1) is 11.9. The number of aromatic nitrogens is 2. The average Bonchev–Trinajstić information content (AvgIpc) is 3.04. The molecule has 2 N–H and O–H groups in total. The summed E-state index contributed by atoms with van der Waals surface area (Å²) in [5.41, 5.74) is 4.44. The van der Waals surface area contributed by atoms with E-state index in [1.807, 2.05) is 0 Å². The molecule has 1 saturated carbocycles. The second kappa shape index (κ2) is 5.17. The Morgan fingerprint density at radius 3 is 2.82 bits per heavy atom. The molecule has 1 aliphatic carbocycles. The highest BCUT2D eigenvalue weighted by Crippen LogP contribution is 2.39. The number of carbonyl (C=O) groups is 2. The minimum absolute atomic E-state index is 0.118. The minimum Gasteiger partial charge on any atom is -0.416 e. The molecule has 0 atom stereocenters. The molecule has 17 heavy (non-hydrogen) atoms. The molecule has 1 aromatic rings. The molecule has 2 amide bonds. The molecule has 1 fully saturated rings. The van der Waals surface area contributed by atoms with Crippen LogP contribution in [0.4, 0.5) is 0 Å². The van der Waals surface area contributed by atoms with Crippen LogP contribution in [0.2, 0.25) is 0 Å². The molecule has 0 radical (unpaired) electrons. The SMILES string of the molecule is CC(=O)NNC(=O)CSc1nnc(C2CC2)o1. The number of hydrogen-bond donors (Lipinski definition) is 2. The Hall–Kier alpha value is -1.57. The van der Waals surface area contributed by atoms with Gasteiger partial charge in [0, 0.05) is 12.8 Å². The quantitative estimate of drug-likeness (QED) is 0.590. The Kier molecular flexibility index (Phi) is 3.62. The van der Waals surface area contributed by atoms with Crippen LogP contribution in [0.1, 0.15) is 31.6 Å². The molecule has 1 heterocycles. The van der Waals surface area contributed by atoms with Gasteiger partial charge in [-0.2, -0.15) is 0 Å². The number of hydrogen-bond acceptors (Lipinski definition) is 6. The normalized spacial score (nSPS) is 14.4. The fraction of sp³-hybridized carbons (Fsp3) is 0.556. The molecule has 8 heteroatoms. The van der Waals surface area contributed by atoms with E-state index in [1.54, 1.807) is 0 Å². The zero-order chi connectivity index (χ0) is 12.3. The van der Waals surface area contributed by atoms with Gasteiger partial charge in [0.05, 0.1) is 5.75 Å². The van der Waals surface area contributed by atoms with E-state index in [0.29, 0.717) is 17.0 Å². The summed E-state index contributed by atoms with van der Waals surface area (Å²) in [5.74, 6) is 0.528. The van der Waals surface area contributed by atoms with Crippen LogP contribution in [0.3, 0.4) is 0 Å². The van der Waals surface area contributed by atoms with Crippen LogP contribution in [0.25, 0.3) is 0 Å². The third-order valence-electron chi connectivity index (χ3n) is 2.05. The Bertz CT molecular complexity index is 430. The lowest BCUT2D eigenvalue weighted by Crippen LogP contribution is -2.41. The molecule has 92 valence electrons. The van der Waals surface area contributed by atoms with Crippen molar-refractivity contribution in [3.05, 3.63) is 5.89 Å². The van der Waals surface area contributed by atoms with Gasteiger partial charge in [0.1, 0.15) is 0 Å². The number of carbonyl (C=O) groups excluding carboxylic acids is 2. The number of rotatable bonds is 4. The summed E-state index contributed by atoms with van der Waals surface area (Å²) in [5, 5.41) is 8.09. The highest BCUT2D eigenvalue weighted by Gasteiger charge is 2.29. The Balaban J connectivity index is 1.72. The molecule has 0 spiro atoms. The summed E-state index contributed by atoms with van der Waals surface area (Å²) in [6.07, 6.45) is 2.19. The predicted molar refractivity (Wildman–Crippen MR) is 59.0 cm³/mol. The van der Waals surface area contributed by atoms with Gasteiger partial charge in [-0.1, -0.05) is 11.8 Å². The molecule has 0 unspecified atom stereocenters. The molecule has 1 aromatic heterocycles. The lowest BCUT2D eigenvalue weighted by atomic mass is 10.4. The number of hydrazine groups is 1. The van der Waals surface area contributed by atoms with Gasteiger partial charge in [-0.3, -0.25) is 20.4 Å². The van der Waals surface area contributed by atoms with Gasteiger partial charge in [-0.25, -0.2) is 0 Å². The topological polar surface area (TPSA) is 97.1 Å². The molecular weight excluding hydrogens is 244 g/mol. The van der Waals surface area contributed by atoms with Gasteiger partial charge in [-0.15, -0.1) is 10.2 Å². The van der Waals surface area contributed by atoms with E-state index in [-0.39, 0.29) is 17.6 Å². The van der Waals surface area contributed by atoms with Crippen molar-refractivity contribution < 1.29 is 14.0 Å². The number of amides is 2. The molecule has 1 aliphatic rings. The van der Waals surface area contributed by atoms with Gasteiger partial charge in [0.25, 0.3) is 5.22 Å². The summed E-state index contributed by atoms with van der Waals surface area (Å²) in [6.45, 7) is 1.31. The predicted octanol–water partition coefficient (Wildman–Crippen LogP) is 0.206. The molecule has 0 bridgehead atoms. The zero-order valence-corrected chi connectivity index (χ0v) is 10.0. The first-order chi connectivity index (χ1) is 8.15. The monoisotopic (exact) mass is 256 g/mol. The standard InChI is InChI=1S/C9H12N4O3S/c1-5(14)10-11-7(15)4-17-9-13-12-8(16-9)6-2-3-6/h6H,2-4H2,1H3,(H,10,14)(H,11,15). The van der Waals surface area contributed by atoms with Crippen molar-refractivity contribution in [3.8, 4) is 0 Å². The van der Waals surface area contributed by atoms with Gasteiger partial charge in [-0.05, 0) is 12.8 Å². The van der Waals surface area contributed by atoms with Crippen molar-refractivity contribution in [2.75, 3.05) is 5.75 Å². The Labute approximate surface area is 102 Å². The van der Waals surface area contributed by atoms with Crippen molar-refractivity contribution >= 4 is 23.6 Å². The minimum atomic E-state index is -0.323. The van der Waals surface area contributed by atoms with E-state index in [9.17, 15) is 9.59 Å². The maximum absolute atomic E-state index is 11.2. The molecule has 7 nitrogen and oxygen atoms in total. The van der Waals surface area contributed by atoms with Crippen LogP contribution in [0.15, 0.2) is 9.64 Å². The summed E-state index contributed by atoms with van der Waals surface area (Å²) in [7, 11) is 0. The van der Waals surface area contributed by atoms with Crippen LogP contribution < -0.4 is 10.9 Å². The second-order valence-electron chi connectivity index (χ2n) is 3.70. The zero-order valence-electron chi connectivity index (χ0n) is 9.23. The highest BCUT2D eigenvalue weighted by molar-refractivity contribution is 7.99. The summed E-state index contributed by atoms with van der Waals surface area (Å²) >= 11 is 1.14. The van der Waals surface area contributed by atoms with E-state index in [0.717, 1.165) is 24.6 Å². The average molecular weight is 256 g/mol. The third kappa shape index (κ3) is 3.74. The number of nitrogens with zero attached hydrogens (tertiary/aromatic N) is 2. The number of nitrogens with one attached hydrogen (secondary N) is 2. The lowest BCUT2D eigenvalue weighted by Gasteiger charge is -2.02. The van der Waals surface area contributed by atoms with Gasteiger partial charge >= 0.3 is 0 Å². The Morgan fingerprint density at radius 1 is 1.41 bits per heavy atom. The van der Waals surface area contributed by atoms with Crippen LogP contribution in [0, 0.1) is 0 Å². The van der Waals surface area contributed by atoms with Crippen molar-refractivity contribution in [2.45, 2.75) is 30.9 Å². The van der Waals surface area contributed by atoms with Gasteiger partial charge in [0.2, 0.25) is 17.7 Å². The summed E-state index contributed by atoms with van der Waals surface area (Å²) in [4.78, 5) is 21.8. The maximum Gasteiger partial charge on any atom is 0.277 e. The molecule has 0 aliphatic heterocycles. The second-order valence-corrected chi connectivity index (χ2v) is 4.63. The first-order valence-corrected chi connectivity index (χ1v) is 6.15. The van der Waals surface area contributed by atoms with E-state index in [2.05, 4.69) is 21.0 Å². The lowest BCUT2D eigenvalue weighted by molar-refractivity contribution is -0.126. The summed E-state index contributed by atoms with van der Waals surface area (Å²) < 4.78 is 5.36. The van der Waals surface area contributed by atoms with E-state index < -0.39 is 0 Å². The third-order valence-corrected chi connectivity index (χ3v) is 2.87. The highest BCUT2D eigenvalue weighted by atomic mass is 32.2.